The number of rotatable bonds is 6. The zero-order chi connectivity index (χ0) is 15.2. The molecule has 1 amide bonds. The zero-order valence-electron chi connectivity index (χ0n) is 12.1. The predicted octanol–water partition coefficient (Wildman–Crippen LogP) is 2.63. The van der Waals surface area contributed by atoms with Gasteiger partial charge in [0, 0.05) is 17.7 Å². The van der Waals surface area contributed by atoms with Crippen LogP contribution in [0.25, 0.3) is 0 Å². The van der Waals surface area contributed by atoms with E-state index in [9.17, 15) is 4.79 Å². The van der Waals surface area contributed by atoms with Gasteiger partial charge in [-0.15, -0.1) is 0 Å². The van der Waals surface area contributed by atoms with Crippen molar-refractivity contribution in [2.45, 2.75) is 33.2 Å². The number of nitrogens with one attached hydrogen (secondary N) is 1. The first-order valence-electron chi connectivity index (χ1n) is 6.61. The molecule has 4 nitrogen and oxygen atoms in total. The highest BCUT2D eigenvalue weighted by Crippen LogP contribution is 2.21. The lowest BCUT2D eigenvalue weighted by molar-refractivity contribution is -0.124. The minimum atomic E-state index is -0.210. The van der Waals surface area contributed by atoms with Gasteiger partial charge in [-0.25, -0.2) is 0 Å². The minimum Gasteiger partial charge on any atom is -0.484 e. The van der Waals surface area contributed by atoms with E-state index in [1.165, 1.54) is 0 Å². The van der Waals surface area contributed by atoms with Gasteiger partial charge in [0.25, 0.3) is 5.91 Å². The maximum atomic E-state index is 11.9. The molecule has 0 saturated heterocycles. The SMILES string of the molecule is CC(C)(C)C(CCO)NC(=O)COc1cccc(Cl)c1. The second-order valence-electron chi connectivity index (χ2n) is 5.74. The Hall–Kier alpha value is -1.26. The van der Waals surface area contributed by atoms with E-state index in [1.807, 2.05) is 20.8 Å². The summed E-state index contributed by atoms with van der Waals surface area (Å²) in [5.41, 5.74) is -0.117. The fraction of sp³-hybridized carbons (Fsp3) is 0.533. The van der Waals surface area contributed by atoms with Gasteiger partial charge >= 0.3 is 0 Å². The van der Waals surface area contributed by atoms with Crippen molar-refractivity contribution in [3.05, 3.63) is 29.3 Å². The Bertz CT molecular complexity index is 443. The highest BCUT2D eigenvalue weighted by Gasteiger charge is 2.25. The van der Waals surface area contributed by atoms with Gasteiger partial charge in [-0.1, -0.05) is 38.4 Å². The standard InChI is InChI=1S/C15H22ClNO3/c1-15(2,3)13(7-8-18)17-14(19)10-20-12-6-4-5-11(16)9-12/h4-6,9,13,18H,7-8,10H2,1-3H3,(H,17,19). The summed E-state index contributed by atoms with van der Waals surface area (Å²) in [7, 11) is 0. The second-order valence-corrected chi connectivity index (χ2v) is 6.18. The van der Waals surface area contributed by atoms with Gasteiger partial charge in [-0.3, -0.25) is 4.79 Å². The van der Waals surface area contributed by atoms with Crippen molar-refractivity contribution >= 4 is 17.5 Å². The van der Waals surface area contributed by atoms with Crippen molar-refractivity contribution < 1.29 is 14.6 Å². The van der Waals surface area contributed by atoms with Gasteiger partial charge in [-0.05, 0) is 30.0 Å². The average Bonchev–Trinajstić information content (AvgIpc) is 2.35. The number of carbonyl (C=O) groups is 1. The maximum absolute atomic E-state index is 11.9. The molecule has 5 heteroatoms. The van der Waals surface area contributed by atoms with Gasteiger partial charge in [-0.2, -0.15) is 0 Å². The van der Waals surface area contributed by atoms with Crippen LogP contribution in [-0.2, 0) is 4.79 Å². The molecule has 0 spiro atoms. The smallest absolute Gasteiger partial charge is 0.258 e. The Morgan fingerprint density at radius 3 is 2.70 bits per heavy atom. The fourth-order valence-electron chi connectivity index (χ4n) is 1.79. The van der Waals surface area contributed by atoms with Crippen LogP contribution in [0, 0.1) is 5.41 Å². The Labute approximate surface area is 125 Å². The van der Waals surface area contributed by atoms with Gasteiger partial charge in [0.15, 0.2) is 6.61 Å². The second kappa shape index (κ2) is 7.50. The number of aliphatic hydroxyl groups excluding tert-OH is 1. The highest BCUT2D eigenvalue weighted by molar-refractivity contribution is 6.30. The van der Waals surface area contributed by atoms with Gasteiger partial charge in [0.05, 0.1) is 0 Å². The number of benzene rings is 1. The van der Waals surface area contributed by atoms with E-state index in [2.05, 4.69) is 5.32 Å². The first kappa shape index (κ1) is 16.8. The van der Waals surface area contributed by atoms with E-state index >= 15 is 0 Å². The summed E-state index contributed by atoms with van der Waals surface area (Å²) in [6, 6.07) is 6.81. The van der Waals surface area contributed by atoms with E-state index in [0.717, 1.165) is 0 Å². The van der Waals surface area contributed by atoms with Crippen molar-refractivity contribution in [3.63, 3.8) is 0 Å². The molecule has 0 heterocycles. The van der Waals surface area contributed by atoms with Gasteiger partial charge in [0.1, 0.15) is 5.75 Å². The third-order valence-corrected chi connectivity index (χ3v) is 3.20. The summed E-state index contributed by atoms with van der Waals surface area (Å²) in [6.45, 7) is 6.03. The van der Waals surface area contributed by atoms with E-state index in [4.69, 9.17) is 21.4 Å². The summed E-state index contributed by atoms with van der Waals surface area (Å²) in [6.07, 6.45) is 0.520. The molecule has 1 aromatic carbocycles. The number of aliphatic hydroxyl groups is 1. The molecular formula is C15H22ClNO3. The third kappa shape index (κ3) is 5.80. The molecule has 0 aliphatic carbocycles. The molecule has 0 bridgehead atoms. The maximum Gasteiger partial charge on any atom is 0.258 e. The topological polar surface area (TPSA) is 58.6 Å². The normalized spacial score (nSPS) is 12.8. The number of halogens is 1. The molecule has 0 fully saturated rings. The summed E-state index contributed by atoms with van der Waals surface area (Å²) >= 11 is 5.84. The van der Waals surface area contributed by atoms with Crippen LogP contribution in [0.15, 0.2) is 24.3 Å². The summed E-state index contributed by atoms with van der Waals surface area (Å²) < 4.78 is 5.38. The van der Waals surface area contributed by atoms with Crippen LogP contribution < -0.4 is 10.1 Å². The average molecular weight is 300 g/mol. The largest absolute Gasteiger partial charge is 0.484 e. The summed E-state index contributed by atoms with van der Waals surface area (Å²) in [4.78, 5) is 11.9. The Kier molecular flexibility index (Phi) is 6.30. The molecule has 1 rings (SSSR count). The van der Waals surface area contributed by atoms with E-state index in [-0.39, 0.29) is 30.6 Å². The molecule has 0 aliphatic rings. The van der Waals surface area contributed by atoms with Crippen molar-refractivity contribution in [1.29, 1.82) is 0 Å². The summed E-state index contributed by atoms with van der Waals surface area (Å²) in [5, 5.41) is 12.5. The number of amides is 1. The molecule has 1 unspecified atom stereocenters. The van der Waals surface area contributed by atoms with Crippen LogP contribution in [0.5, 0.6) is 5.75 Å². The van der Waals surface area contributed by atoms with E-state index in [0.29, 0.717) is 17.2 Å². The molecule has 0 saturated carbocycles. The molecule has 0 aliphatic heterocycles. The van der Waals surface area contributed by atoms with Crippen LogP contribution in [-0.4, -0.2) is 30.3 Å². The van der Waals surface area contributed by atoms with Crippen LogP contribution in [0.2, 0.25) is 5.02 Å². The predicted molar refractivity (Wildman–Crippen MR) is 80.0 cm³/mol. The molecule has 112 valence electrons. The van der Waals surface area contributed by atoms with Crippen molar-refractivity contribution in [2.24, 2.45) is 5.41 Å². The van der Waals surface area contributed by atoms with E-state index in [1.54, 1.807) is 24.3 Å². The monoisotopic (exact) mass is 299 g/mol. The molecule has 20 heavy (non-hydrogen) atoms. The fourth-order valence-corrected chi connectivity index (χ4v) is 1.97. The zero-order valence-corrected chi connectivity index (χ0v) is 12.9. The van der Waals surface area contributed by atoms with E-state index < -0.39 is 0 Å². The number of hydrogen-bond acceptors (Lipinski definition) is 3. The number of ether oxygens (including phenoxy) is 1. The van der Waals surface area contributed by atoms with Gasteiger partial charge < -0.3 is 15.2 Å². The first-order chi connectivity index (χ1) is 9.32. The minimum absolute atomic E-state index is 0.0391. The van der Waals surface area contributed by atoms with Crippen molar-refractivity contribution in [2.75, 3.05) is 13.2 Å². The molecular weight excluding hydrogens is 278 g/mol. The Morgan fingerprint density at radius 2 is 2.15 bits per heavy atom. The molecule has 1 aromatic rings. The van der Waals surface area contributed by atoms with Crippen LogP contribution in [0.3, 0.4) is 0 Å². The lowest BCUT2D eigenvalue weighted by Crippen LogP contribution is -2.46. The third-order valence-electron chi connectivity index (χ3n) is 2.96. The number of hydrogen-bond donors (Lipinski definition) is 2. The quantitative estimate of drug-likeness (QED) is 0.849. The van der Waals surface area contributed by atoms with Crippen LogP contribution >= 0.6 is 11.6 Å². The van der Waals surface area contributed by atoms with Crippen molar-refractivity contribution in [3.8, 4) is 5.75 Å². The molecule has 1 atom stereocenters. The Balaban J connectivity index is 2.50. The number of carbonyl (C=O) groups excluding carboxylic acids is 1. The van der Waals surface area contributed by atoms with Crippen LogP contribution in [0.1, 0.15) is 27.2 Å². The van der Waals surface area contributed by atoms with Crippen molar-refractivity contribution in [1.82, 2.24) is 5.32 Å². The molecule has 0 aromatic heterocycles. The summed E-state index contributed by atoms with van der Waals surface area (Å²) in [5.74, 6) is 0.348. The van der Waals surface area contributed by atoms with Gasteiger partial charge in [0.2, 0.25) is 0 Å². The lowest BCUT2D eigenvalue weighted by atomic mass is 9.85. The first-order valence-corrected chi connectivity index (χ1v) is 6.99. The Morgan fingerprint density at radius 1 is 1.45 bits per heavy atom. The molecule has 0 radical (unpaired) electrons. The lowest BCUT2D eigenvalue weighted by Gasteiger charge is -2.31. The molecule has 2 N–H and O–H groups in total. The van der Waals surface area contributed by atoms with Crippen LogP contribution in [0.4, 0.5) is 0 Å². The highest BCUT2D eigenvalue weighted by atomic mass is 35.5.